The van der Waals surface area contributed by atoms with Crippen molar-refractivity contribution in [2.24, 2.45) is 10.9 Å². The van der Waals surface area contributed by atoms with E-state index in [1.54, 1.807) is 4.90 Å². The van der Waals surface area contributed by atoms with E-state index in [-0.39, 0.29) is 22.9 Å². The molecule has 1 rings (SSSR count). The lowest BCUT2D eigenvalue weighted by Crippen LogP contribution is -2.29. The third-order valence-corrected chi connectivity index (χ3v) is 2.84. The van der Waals surface area contributed by atoms with Gasteiger partial charge < -0.3 is 20.6 Å². The summed E-state index contributed by atoms with van der Waals surface area (Å²) in [6.07, 6.45) is 1.33. The topological polar surface area (TPSA) is 127 Å². The summed E-state index contributed by atoms with van der Waals surface area (Å²) in [4.78, 5) is 16.5. The Kier molecular flexibility index (Phi) is 6.34. The first-order valence-corrected chi connectivity index (χ1v) is 6.50. The number of anilines is 1. The molecule has 0 saturated carbocycles. The van der Waals surface area contributed by atoms with Crippen LogP contribution < -0.4 is 10.6 Å². The van der Waals surface area contributed by atoms with Gasteiger partial charge in [0.25, 0.3) is 0 Å². The molecular formula is C12H19N5O4. The first-order chi connectivity index (χ1) is 10.0. The fourth-order valence-corrected chi connectivity index (χ4v) is 1.75. The average molecular weight is 297 g/mol. The van der Waals surface area contributed by atoms with Crippen LogP contribution in [0.1, 0.15) is 19.4 Å². The Morgan fingerprint density at radius 1 is 1.62 bits per heavy atom. The van der Waals surface area contributed by atoms with Crippen LogP contribution in [0.25, 0.3) is 0 Å². The van der Waals surface area contributed by atoms with Crippen molar-refractivity contribution in [3.63, 3.8) is 0 Å². The van der Waals surface area contributed by atoms with Crippen LogP contribution in [0.3, 0.4) is 0 Å². The molecule has 9 nitrogen and oxygen atoms in total. The largest absolute Gasteiger partial charge is 0.409 e. The molecule has 0 saturated heterocycles. The van der Waals surface area contributed by atoms with Crippen LogP contribution >= 0.6 is 0 Å². The number of likely N-dealkylation sites (N-methyl/N-ethyl adjacent to an activating group) is 1. The van der Waals surface area contributed by atoms with Gasteiger partial charge >= 0.3 is 5.69 Å². The summed E-state index contributed by atoms with van der Waals surface area (Å²) >= 11 is 0. The van der Waals surface area contributed by atoms with Gasteiger partial charge in [-0.15, -0.1) is 0 Å². The second-order valence-electron chi connectivity index (χ2n) is 4.09. The zero-order valence-corrected chi connectivity index (χ0v) is 12.0. The summed E-state index contributed by atoms with van der Waals surface area (Å²) in [5.74, 6) is 0.00575. The van der Waals surface area contributed by atoms with Crippen LogP contribution in [-0.4, -0.2) is 47.3 Å². The maximum Gasteiger partial charge on any atom is 0.312 e. The third-order valence-electron chi connectivity index (χ3n) is 2.84. The monoisotopic (exact) mass is 297 g/mol. The Hall–Kier alpha value is -2.42. The predicted molar refractivity (Wildman–Crippen MR) is 77.8 cm³/mol. The summed E-state index contributed by atoms with van der Waals surface area (Å²) in [6.45, 7) is 5.81. The Bertz CT molecular complexity index is 520. The highest BCUT2D eigenvalue weighted by Crippen LogP contribution is 2.26. The van der Waals surface area contributed by atoms with Gasteiger partial charge in [0.1, 0.15) is 0 Å². The molecular weight excluding hydrogens is 278 g/mol. The lowest BCUT2D eigenvalue weighted by molar-refractivity contribution is -0.384. The van der Waals surface area contributed by atoms with Gasteiger partial charge in [-0.2, -0.15) is 0 Å². The SMILES string of the molecule is CCOCCN(CC)c1ncc(C(N)=NO)cc1[N+](=O)[O-]. The van der Waals surface area contributed by atoms with Crippen LogP contribution in [0.15, 0.2) is 17.4 Å². The van der Waals surface area contributed by atoms with Crippen LogP contribution in [0.4, 0.5) is 11.5 Å². The zero-order chi connectivity index (χ0) is 15.8. The number of hydrogen-bond acceptors (Lipinski definition) is 7. The Labute approximate surface area is 122 Å². The Morgan fingerprint density at radius 2 is 2.33 bits per heavy atom. The first kappa shape index (κ1) is 16.6. The highest BCUT2D eigenvalue weighted by molar-refractivity contribution is 5.97. The van der Waals surface area contributed by atoms with Crippen molar-refractivity contribution >= 4 is 17.3 Å². The van der Waals surface area contributed by atoms with Gasteiger partial charge in [0.2, 0.25) is 5.82 Å². The predicted octanol–water partition coefficient (Wildman–Crippen LogP) is 0.947. The van der Waals surface area contributed by atoms with Crippen LogP contribution in [0, 0.1) is 10.1 Å². The summed E-state index contributed by atoms with van der Waals surface area (Å²) in [7, 11) is 0. The molecule has 0 bridgehead atoms. The fourth-order valence-electron chi connectivity index (χ4n) is 1.75. The molecule has 9 heteroatoms. The highest BCUT2D eigenvalue weighted by atomic mass is 16.6. The normalized spacial score (nSPS) is 11.4. The Morgan fingerprint density at radius 3 is 2.86 bits per heavy atom. The molecule has 3 N–H and O–H groups in total. The average Bonchev–Trinajstić information content (AvgIpc) is 2.50. The molecule has 0 aromatic carbocycles. The van der Waals surface area contributed by atoms with Crippen molar-refractivity contribution in [3.8, 4) is 0 Å². The molecule has 0 fully saturated rings. The van der Waals surface area contributed by atoms with E-state index < -0.39 is 4.92 Å². The smallest absolute Gasteiger partial charge is 0.312 e. The van der Waals surface area contributed by atoms with Crippen molar-refractivity contribution in [3.05, 3.63) is 27.9 Å². The quantitative estimate of drug-likeness (QED) is 0.182. The number of hydrogen-bond donors (Lipinski definition) is 2. The number of oxime groups is 1. The lowest BCUT2D eigenvalue weighted by atomic mass is 10.2. The van der Waals surface area contributed by atoms with Gasteiger partial charge in [-0.05, 0) is 13.8 Å². The molecule has 1 heterocycles. The first-order valence-electron chi connectivity index (χ1n) is 6.50. The zero-order valence-electron chi connectivity index (χ0n) is 12.0. The number of rotatable bonds is 8. The molecule has 0 aliphatic heterocycles. The summed E-state index contributed by atoms with van der Waals surface area (Å²) in [5, 5.41) is 22.6. The highest BCUT2D eigenvalue weighted by Gasteiger charge is 2.22. The Balaban J connectivity index is 3.12. The molecule has 0 aliphatic rings. The molecule has 0 amide bonds. The molecule has 0 aliphatic carbocycles. The van der Waals surface area contributed by atoms with Crippen LogP contribution in [0.2, 0.25) is 0 Å². The molecule has 1 aromatic heterocycles. The van der Waals surface area contributed by atoms with Crippen molar-refractivity contribution in [2.45, 2.75) is 13.8 Å². The standard InChI is InChI=1S/C12H19N5O4/c1-3-16(5-6-21-4-2)12-10(17(19)20)7-9(8-14-12)11(13)15-18/h7-8,18H,3-6H2,1-2H3,(H2,13,15). The van der Waals surface area contributed by atoms with E-state index in [1.165, 1.54) is 12.3 Å². The maximum absolute atomic E-state index is 11.2. The van der Waals surface area contributed by atoms with Crippen LogP contribution in [-0.2, 0) is 4.74 Å². The van der Waals surface area contributed by atoms with Crippen LogP contribution in [0.5, 0.6) is 0 Å². The molecule has 116 valence electrons. The van der Waals surface area contributed by atoms with Gasteiger partial charge in [-0.1, -0.05) is 5.16 Å². The second kappa shape index (κ2) is 8.00. The minimum absolute atomic E-state index is 0.189. The van der Waals surface area contributed by atoms with Gasteiger partial charge in [-0.3, -0.25) is 10.1 Å². The van der Waals surface area contributed by atoms with Crippen molar-refractivity contribution < 1.29 is 14.9 Å². The summed E-state index contributed by atoms with van der Waals surface area (Å²) in [6, 6.07) is 1.24. The van der Waals surface area contributed by atoms with Crippen molar-refractivity contribution in [1.29, 1.82) is 0 Å². The molecule has 1 aromatic rings. The van der Waals surface area contributed by atoms with E-state index in [2.05, 4.69) is 10.1 Å². The maximum atomic E-state index is 11.2. The molecule has 0 unspecified atom stereocenters. The number of amidine groups is 1. The van der Waals surface area contributed by atoms with Gasteiger partial charge in [0.15, 0.2) is 5.84 Å². The summed E-state index contributed by atoms with van der Waals surface area (Å²) in [5.41, 5.74) is 5.42. The molecule has 21 heavy (non-hydrogen) atoms. The van der Waals surface area contributed by atoms with E-state index >= 15 is 0 Å². The number of nitro groups is 1. The lowest BCUT2D eigenvalue weighted by Gasteiger charge is -2.21. The third kappa shape index (κ3) is 4.28. The summed E-state index contributed by atoms with van der Waals surface area (Å²) < 4.78 is 5.26. The van der Waals surface area contributed by atoms with E-state index in [0.717, 1.165) is 0 Å². The van der Waals surface area contributed by atoms with E-state index in [0.29, 0.717) is 26.3 Å². The van der Waals surface area contributed by atoms with Gasteiger partial charge in [0.05, 0.1) is 11.5 Å². The number of pyridine rings is 1. The molecule has 0 radical (unpaired) electrons. The number of nitrogens with two attached hydrogens (primary N) is 1. The molecule has 0 spiro atoms. The van der Waals surface area contributed by atoms with E-state index in [9.17, 15) is 10.1 Å². The van der Waals surface area contributed by atoms with E-state index in [4.69, 9.17) is 15.7 Å². The van der Waals surface area contributed by atoms with Crippen molar-refractivity contribution in [1.82, 2.24) is 4.98 Å². The van der Waals surface area contributed by atoms with Crippen molar-refractivity contribution in [2.75, 3.05) is 31.2 Å². The van der Waals surface area contributed by atoms with Gasteiger partial charge in [-0.25, -0.2) is 4.98 Å². The minimum atomic E-state index is -0.542. The fraction of sp³-hybridized carbons (Fsp3) is 0.500. The molecule has 0 atom stereocenters. The number of nitrogens with zero attached hydrogens (tertiary/aromatic N) is 4. The minimum Gasteiger partial charge on any atom is -0.409 e. The number of ether oxygens (including phenoxy) is 1. The number of aromatic nitrogens is 1. The second-order valence-corrected chi connectivity index (χ2v) is 4.09. The van der Waals surface area contributed by atoms with Gasteiger partial charge in [0, 0.05) is 37.5 Å². The van der Waals surface area contributed by atoms with E-state index in [1.807, 2.05) is 13.8 Å².